The summed E-state index contributed by atoms with van der Waals surface area (Å²) >= 11 is 0. The second kappa shape index (κ2) is 3.92. The summed E-state index contributed by atoms with van der Waals surface area (Å²) in [5.74, 6) is 1.70. The number of fused-ring (bicyclic) bond motifs is 2. The molecule has 4 aromatic rings. The summed E-state index contributed by atoms with van der Waals surface area (Å²) < 4.78 is 5.91. The van der Waals surface area contributed by atoms with E-state index in [1.54, 1.807) is 0 Å². The number of rotatable bonds is 2. The van der Waals surface area contributed by atoms with Crippen LogP contribution in [-0.4, -0.2) is 9.97 Å². The summed E-state index contributed by atoms with van der Waals surface area (Å²) in [6.07, 6.45) is 3.86. The first-order valence-corrected chi connectivity index (χ1v) is 6.21. The van der Waals surface area contributed by atoms with E-state index < -0.39 is 0 Å². The summed E-state index contributed by atoms with van der Waals surface area (Å²) in [5.41, 5.74) is 2.24. The average molecular weight is 248 g/mol. The highest BCUT2D eigenvalue weighted by atomic mass is 16.5. The van der Waals surface area contributed by atoms with E-state index in [-0.39, 0.29) is 0 Å². The first-order valence-electron chi connectivity index (χ1n) is 6.21. The smallest absolute Gasteiger partial charge is 0.128 e. The molecule has 2 aromatic heterocycles. The van der Waals surface area contributed by atoms with Crippen molar-refractivity contribution in [1.29, 1.82) is 0 Å². The van der Waals surface area contributed by atoms with Gasteiger partial charge in [-0.2, -0.15) is 0 Å². The van der Waals surface area contributed by atoms with E-state index in [0.29, 0.717) is 0 Å². The minimum Gasteiger partial charge on any atom is -0.457 e. The monoisotopic (exact) mass is 248 g/mol. The molecule has 4 rings (SSSR count). The van der Waals surface area contributed by atoms with Crippen LogP contribution in [0.4, 0.5) is 0 Å². The zero-order valence-corrected chi connectivity index (χ0v) is 10.2. The number of hydrogen-bond donors (Lipinski definition) is 2. The van der Waals surface area contributed by atoms with Gasteiger partial charge < -0.3 is 14.7 Å². The Kier molecular flexibility index (Phi) is 2.12. The van der Waals surface area contributed by atoms with E-state index in [4.69, 9.17) is 4.74 Å². The first-order chi connectivity index (χ1) is 9.38. The van der Waals surface area contributed by atoms with E-state index >= 15 is 0 Å². The average Bonchev–Trinajstić information content (AvgIpc) is 3.05. The summed E-state index contributed by atoms with van der Waals surface area (Å²) in [6.45, 7) is 0. The molecule has 0 saturated heterocycles. The molecule has 92 valence electrons. The number of H-pyrrole nitrogens is 2. The lowest BCUT2D eigenvalue weighted by Crippen LogP contribution is -1.83. The van der Waals surface area contributed by atoms with Crippen LogP contribution < -0.4 is 4.74 Å². The van der Waals surface area contributed by atoms with Gasteiger partial charge in [0.25, 0.3) is 0 Å². The van der Waals surface area contributed by atoms with E-state index in [1.165, 1.54) is 0 Å². The molecule has 2 heterocycles. The fourth-order valence-electron chi connectivity index (χ4n) is 2.33. The molecular weight excluding hydrogens is 236 g/mol. The highest BCUT2D eigenvalue weighted by molar-refractivity contribution is 5.82. The van der Waals surface area contributed by atoms with Crippen LogP contribution in [0.25, 0.3) is 21.8 Å². The minimum atomic E-state index is 0.849. The summed E-state index contributed by atoms with van der Waals surface area (Å²) in [4.78, 5) is 6.34. The zero-order chi connectivity index (χ0) is 12.7. The number of aromatic amines is 2. The van der Waals surface area contributed by atoms with E-state index in [9.17, 15) is 0 Å². The third-order valence-corrected chi connectivity index (χ3v) is 3.29. The summed E-state index contributed by atoms with van der Waals surface area (Å²) in [5, 5.41) is 2.31. The van der Waals surface area contributed by atoms with Gasteiger partial charge in [-0.25, -0.2) is 0 Å². The van der Waals surface area contributed by atoms with Gasteiger partial charge in [-0.05, 0) is 48.5 Å². The Bertz CT molecular complexity index is 785. The van der Waals surface area contributed by atoms with Crippen molar-refractivity contribution in [2.75, 3.05) is 0 Å². The molecule has 0 aliphatic carbocycles. The topological polar surface area (TPSA) is 40.8 Å². The van der Waals surface area contributed by atoms with Crippen LogP contribution in [0, 0.1) is 0 Å². The molecule has 0 radical (unpaired) electrons. The molecule has 0 fully saturated rings. The van der Waals surface area contributed by atoms with Gasteiger partial charge in [0.15, 0.2) is 0 Å². The van der Waals surface area contributed by atoms with Gasteiger partial charge in [0.2, 0.25) is 0 Å². The van der Waals surface area contributed by atoms with Gasteiger partial charge >= 0.3 is 0 Å². The quantitative estimate of drug-likeness (QED) is 0.541. The Morgan fingerprint density at radius 1 is 0.632 bits per heavy atom. The third kappa shape index (κ3) is 1.76. The summed E-state index contributed by atoms with van der Waals surface area (Å²) in [7, 11) is 0. The van der Waals surface area contributed by atoms with Gasteiger partial charge in [-0.15, -0.1) is 0 Å². The molecule has 2 N–H and O–H groups in total. The van der Waals surface area contributed by atoms with Crippen molar-refractivity contribution in [3.8, 4) is 11.5 Å². The molecule has 0 saturated carbocycles. The second-order valence-electron chi connectivity index (χ2n) is 4.56. The third-order valence-electron chi connectivity index (χ3n) is 3.29. The molecule has 3 heteroatoms. The molecule has 0 atom stereocenters. The molecule has 3 nitrogen and oxygen atoms in total. The number of benzene rings is 2. The lowest BCUT2D eigenvalue weighted by Gasteiger charge is -2.06. The maximum Gasteiger partial charge on any atom is 0.128 e. The van der Waals surface area contributed by atoms with Crippen molar-refractivity contribution in [2.45, 2.75) is 0 Å². The van der Waals surface area contributed by atoms with Crippen LogP contribution in [0.3, 0.4) is 0 Å². The first kappa shape index (κ1) is 10.3. The van der Waals surface area contributed by atoms with Crippen LogP contribution in [0.15, 0.2) is 60.9 Å². The lowest BCUT2D eigenvalue weighted by atomic mass is 10.2. The Morgan fingerprint density at radius 3 is 1.68 bits per heavy atom. The molecule has 0 spiro atoms. The standard InChI is InChI=1S/C16H12N2O/c1-3-15-11(5-7-17-15)9-13(1)19-14-2-4-16-12(10-14)6-8-18-16/h1-10,17-18H. The fourth-order valence-corrected chi connectivity index (χ4v) is 2.33. The number of aromatic nitrogens is 2. The number of hydrogen-bond acceptors (Lipinski definition) is 1. The van der Waals surface area contributed by atoms with Crippen molar-refractivity contribution in [3.63, 3.8) is 0 Å². The maximum absolute atomic E-state index is 5.91. The molecule has 0 bridgehead atoms. The van der Waals surface area contributed by atoms with Crippen molar-refractivity contribution in [2.24, 2.45) is 0 Å². The maximum atomic E-state index is 5.91. The van der Waals surface area contributed by atoms with E-state index in [2.05, 4.69) is 9.97 Å². The molecule has 0 unspecified atom stereocenters. The number of ether oxygens (including phenoxy) is 1. The van der Waals surface area contributed by atoms with Crippen LogP contribution in [-0.2, 0) is 0 Å². The zero-order valence-electron chi connectivity index (χ0n) is 10.2. The largest absolute Gasteiger partial charge is 0.457 e. The van der Waals surface area contributed by atoms with Crippen molar-refractivity contribution in [1.82, 2.24) is 9.97 Å². The molecule has 0 aliphatic rings. The lowest BCUT2D eigenvalue weighted by molar-refractivity contribution is 0.484. The van der Waals surface area contributed by atoms with Crippen LogP contribution >= 0.6 is 0 Å². The van der Waals surface area contributed by atoms with Crippen molar-refractivity contribution >= 4 is 21.8 Å². The van der Waals surface area contributed by atoms with E-state index in [1.807, 2.05) is 60.9 Å². The Hall–Kier alpha value is -2.68. The molecule has 0 aliphatic heterocycles. The molecule has 2 aromatic carbocycles. The fraction of sp³-hybridized carbons (Fsp3) is 0. The van der Waals surface area contributed by atoms with E-state index in [0.717, 1.165) is 33.3 Å². The van der Waals surface area contributed by atoms with Gasteiger partial charge in [0, 0.05) is 34.2 Å². The van der Waals surface area contributed by atoms with Crippen LogP contribution in [0.2, 0.25) is 0 Å². The SMILES string of the molecule is c1cc2cc(Oc3ccc4[nH]ccc4c3)ccc2[nH]1. The minimum absolute atomic E-state index is 0.849. The Morgan fingerprint density at radius 2 is 1.16 bits per heavy atom. The molecule has 19 heavy (non-hydrogen) atoms. The van der Waals surface area contributed by atoms with Gasteiger partial charge in [0.05, 0.1) is 0 Å². The van der Waals surface area contributed by atoms with Crippen molar-refractivity contribution in [3.05, 3.63) is 60.9 Å². The number of nitrogens with one attached hydrogen (secondary N) is 2. The summed E-state index contributed by atoms with van der Waals surface area (Å²) in [6, 6.07) is 16.1. The normalized spacial score (nSPS) is 11.2. The predicted molar refractivity (Wildman–Crippen MR) is 76.7 cm³/mol. The van der Waals surface area contributed by atoms with Crippen molar-refractivity contribution < 1.29 is 4.74 Å². The van der Waals surface area contributed by atoms with Crippen LogP contribution in [0.1, 0.15) is 0 Å². The van der Waals surface area contributed by atoms with Gasteiger partial charge in [0.1, 0.15) is 11.5 Å². The Labute approximate surface area is 109 Å². The molecule has 0 amide bonds. The predicted octanol–water partition coefficient (Wildman–Crippen LogP) is 4.44. The van der Waals surface area contributed by atoms with Gasteiger partial charge in [-0.1, -0.05) is 0 Å². The Balaban J connectivity index is 1.72. The van der Waals surface area contributed by atoms with Gasteiger partial charge in [-0.3, -0.25) is 0 Å². The molecular formula is C16H12N2O. The highest BCUT2D eigenvalue weighted by Crippen LogP contribution is 2.27. The van der Waals surface area contributed by atoms with Crippen LogP contribution in [0.5, 0.6) is 11.5 Å². The second-order valence-corrected chi connectivity index (χ2v) is 4.56. The highest BCUT2D eigenvalue weighted by Gasteiger charge is 2.02.